The first kappa shape index (κ1) is 74.1. The average molecular weight is 1420 g/mol. The smallest absolute Gasteiger partial charge is 0.246 e. The molecule has 0 aromatic heterocycles. The second kappa shape index (κ2) is 31.6. The third kappa shape index (κ3) is 15.3. The van der Waals surface area contributed by atoms with Crippen molar-refractivity contribution in [2.45, 2.75) is 210 Å². The Morgan fingerprint density at radius 1 is 0.600 bits per heavy atom. The SMILES string of the molecule is CC(c1ccccc1)C1NC(=O)CNC(=O)C(CO)NC(=O)C(C(O)C2CNC(=N)N2C2OC(CO)C(O)C(O)C2O)NC(=O)C(C(O)C2CNC(=N)N2)NC(=O)C(Cc2ccc(OC3OC(CO)C(OC4OC5COC6(OC5C(O)C4O)C4CCCC6CCC4)C(O)C3O)cc2)NC1=O. The van der Waals surface area contributed by atoms with Gasteiger partial charge in [-0.15, -0.1) is 0 Å². The molecule has 9 aliphatic rings. The van der Waals surface area contributed by atoms with E-state index in [4.69, 9.17) is 44.0 Å². The van der Waals surface area contributed by atoms with Crippen LogP contribution in [0.1, 0.15) is 62.5 Å². The van der Waals surface area contributed by atoms with Crippen LogP contribution in [0.5, 0.6) is 5.75 Å². The predicted molar refractivity (Wildman–Crippen MR) is 337 cm³/mol. The fourth-order valence-electron chi connectivity index (χ4n) is 14.9. The lowest BCUT2D eigenvalue weighted by Gasteiger charge is -2.58. The van der Waals surface area contributed by atoms with E-state index < -0.39 is 239 Å². The van der Waals surface area contributed by atoms with Crippen LogP contribution in [0.2, 0.25) is 0 Å². The normalized spacial score (nSPS) is 40.2. The second-order valence-electron chi connectivity index (χ2n) is 26.8. The van der Waals surface area contributed by atoms with Crippen LogP contribution in [0.15, 0.2) is 54.6 Å². The van der Waals surface area contributed by atoms with Crippen LogP contribution >= 0.6 is 0 Å². The number of fused-ring (bicyclic) bond motifs is 1. The number of nitrogens with one attached hydrogen (secondary N) is 11. The summed E-state index contributed by atoms with van der Waals surface area (Å²) in [6.45, 7) is -2.93. The number of carbonyl (C=O) groups is 6. The van der Waals surface area contributed by atoms with Gasteiger partial charge in [-0.2, -0.15) is 0 Å². The topological polar surface area (TPSA) is 569 Å². The molecule has 25 atom stereocenters. The Hall–Kier alpha value is -7.12. The minimum absolute atomic E-state index is 0.0136. The predicted octanol–water partition coefficient (Wildman–Crippen LogP) is -9.83. The summed E-state index contributed by atoms with van der Waals surface area (Å²) >= 11 is 0. The standard InChI is InChI=1S/C63H90N12O25/c1-25(27-7-3-2-4-8-27)39-55(91)69-31(17-26-13-15-30(16-14-26)95-59-49(87)46(84)51(36(23-78)97-59)99-60-50(88)47(85)52-37(98-60)24-94-63(100-52)28-9-5-10-29(63)12-6-11-28)54(90)73-40(42(80)32-18-67-61(64)71-32)57(93)74-41(56(92)70-33(21-76)53(89)66-20-38(79)72-39)43(81)34-19-68-62(65)75(34)58-48(86)45(83)44(82)35(22-77)96-58/h2-4,7-8,13-16,25,28-29,31-37,39-52,58-60,76-78,80-88H,5-6,9-12,17-24H2,1H3,(H2,65,68)(H,66,89)(H,69,91)(H,70,92)(H,72,79)(H,73,90)(H,74,93)(H3,64,67,71). The van der Waals surface area contributed by atoms with E-state index in [2.05, 4.69) is 47.9 Å². The molecule has 2 aliphatic carbocycles. The zero-order chi connectivity index (χ0) is 71.6. The number of nitrogens with zero attached hydrogens (tertiary/aromatic N) is 1. The van der Waals surface area contributed by atoms with Crippen LogP contribution in [0.3, 0.4) is 0 Å². The average Bonchev–Trinajstić information content (AvgIpc) is 0.828. The largest absolute Gasteiger partial charge is 0.462 e. The summed E-state index contributed by atoms with van der Waals surface area (Å²) in [5.74, 6) is -9.84. The zero-order valence-electron chi connectivity index (χ0n) is 54.3. The fourth-order valence-corrected chi connectivity index (χ4v) is 14.9. The monoisotopic (exact) mass is 1410 g/mol. The van der Waals surface area contributed by atoms with Crippen molar-refractivity contribution in [1.29, 1.82) is 10.8 Å². The first-order chi connectivity index (χ1) is 47.8. The summed E-state index contributed by atoms with van der Waals surface area (Å²) in [5, 5.41) is 173. The van der Waals surface area contributed by atoms with Crippen LogP contribution in [0.25, 0.3) is 0 Å². The summed E-state index contributed by atoms with van der Waals surface area (Å²) in [7, 11) is 0. The van der Waals surface area contributed by atoms with E-state index in [0.717, 1.165) is 43.4 Å². The molecule has 11 rings (SSSR count). The minimum atomic E-state index is -2.35. The Morgan fingerprint density at radius 3 is 1.88 bits per heavy atom. The lowest BCUT2D eigenvalue weighted by molar-refractivity contribution is -0.430. The molecule has 37 nitrogen and oxygen atoms in total. The summed E-state index contributed by atoms with van der Waals surface area (Å²) in [5.41, 5.74) is 0.744. The zero-order valence-corrected chi connectivity index (χ0v) is 54.3. The van der Waals surface area contributed by atoms with E-state index >= 15 is 9.59 Å². The summed E-state index contributed by atoms with van der Waals surface area (Å²) in [6.07, 6.45) is -23.7. The number of ether oxygens (including phenoxy) is 7. The molecular formula is C63H90N12O25. The number of guanidine groups is 2. The van der Waals surface area contributed by atoms with Crippen molar-refractivity contribution in [3.63, 3.8) is 0 Å². The van der Waals surface area contributed by atoms with Crippen molar-refractivity contribution in [3.8, 4) is 5.75 Å². The Balaban J connectivity index is 0.845. The van der Waals surface area contributed by atoms with Gasteiger partial charge in [0.25, 0.3) is 0 Å². The maximum absolute atomic E-state index is 15.2. The van der Waals surface area contributed by atoms with Gasteiger partial charge < -0.3 is 147 Å². The van der Waals surface area contributed by atoms with Crippen molar-refractivity contribution < 1.29 is 123 Å². The number of amides is 6. The molecule has 6 amide bonds. The number of rotatable bonds is 16. The van der Waals surface area contributed by atoms with E-state index in [1.54, 1.807) is 37.3 Å². The Kier molecular flexibility index (Phi) is 23.4. The van der Waals surface area contributed by atoms with Gasteiger partial charge in [0.05, 0.1) is 45.1 Å². The Bertz CT molecular complexity index is 3220. The highest BCUT2D eigenvalue weighted by Crippen LogP contribution is 2.53. The van der Waals surface area contributed by atoms with Gasteiger partial charge in [-0.25, -0.2) is 0 Å². The maximum Gasteiger partial charge on any atom is 0.246 e. The molecule has 100 heavy (non-hydrogen) atoms. The van der Waals surface area contributed by atoms with E-state index in [-0.39, 0.29) is 42.3 Å². The number of hydrogen-bond donors (Lipinski definition) is 23. The van der Waals surface area contributed by atoms with Gasteiger partial charge in [0.15, 0.2) is 30.2 Å². The van der Waals surface area contributed by atoms with Gasteiger partial charge in [0.2, 0.25) is 41.7 Å². The number of aliphatic hydroxyl groups is 12. The molecule has 552 valence electrons. The number of benzene rings is 2. The van der Waals surface area contributed by atoms with Gasteiger partial charge in [-0.3, -0.25) is 39.6 Å². The molecule has 9 fully saturated rings. The summed E-state index contributed by atoms with van der Waals surface area (Å²) in [6, 6.07) is 1.05. The Labute approximate surface area is 571 Å². The molecule has 25 unspecified atom stereocenters. The highest BCUT2D eigenvalue weighted by molar-refractivity contribution is 5.98. The van der Waals surface area contributed by atoms with Crippen molar-refractivity contribution in [3.05, 3.63) is 65.7 Å². The molecule has 2 aromatic rings. The minimum Gasteiger partial charge on any atom is -0.462 e. The third-order valence-corrected chi connectivity index (χ3v) is 20.5. The number of hydrogen-bond acceptors (Lipinski definition) is 27. The van der Waals surface area contributed by atoms with E-state index in [9.17, 15) is 80.5 Å². The molecule has 7 heterocycles. The molecule has 0 radical (unpaired) electrons. The van der Waals surface area contributed by atoms with E-state index in [1.165, 1.54) is 24.3 Å². The highest BCUT2D eigenvalue weighted by Gasteiger charge is 2.61. The van der Waals surface area contributed by atoms with Gasteiger partial charge in [-0.05, 0) is 48.9 Å². The van der Waals surface area contributed by atoms with Crippen molar-refractivity contribution in [1.82, 2.24) is 52.8 Å². The van der Waals surface area contributed by atoms with Crippen molar-refractivity contribution >= 4 is 47.4 Å². The Morgan fingerprint density at radius 2 is 1.23 bits per heavy atom. The van der Waals surface area contributed by atoms with Crippen LogP contribution < -0.4 is 52.6 Å². The van der Waals surface area contributed by atoms with Crippen molar-refractivity contribution in [2.75, 3.05) is 46.1 Å². The summed E-state index contributed by atoms with van der Waals surface area (Å²) < 4.78 is 42.7. The van der Waals surface area contributed by atoms with E-state index in [0.29, 0.717) is 5.56 Å². The van der Waals surface area contributed by atoms with E-state index in [1.807, 2.05) is 0 Å². The third-order valence-electron chi connectivity index (χ3n) is 20.5. The molecule has 7 saturated heterocycles. The van der Waals surface area contributed by atoms with Crippen LogP contribution in [-0.4, -0.2) is 312 Å². The second-order valence-corrected chi connectivity index (χ2v) is 26.8. The molecular weight excluding hydrogens is 1320 g/mol. The van der Waals surface area contributed by atoms with Gasteiger partial charge >= 0.3 is 0 Å². The fraction of sp³-hybridized carbons (Fsp3) is 0.683. The summed E-state index contributed by atoms with van der Waals surface area (Å²) in [4.78, 5) is 88.4. The molecule has 2 saturated carbocycles. The quantitative estimate of drug-likeness (QED) is 0.0742. The van der Waals surface area contributed by atoms with Crippen molar-refractivity contribution in [2.24, 2.45) is 11.8 Å². The lowest BCUT2D eigenvalue weighted by atomic mass is 9.66. The molecule has 23 N–H and O–H groups in total. The van der Waals surface area contributed by atoms with Gasteiger partial charge in [0, 0.05) is 37.3 Å². The first-order valence-corrected chi connectivity index (χ1v) is 33.5. The molecule has 7 aliphatic heterocycles. The van der Waals surface area contributed by atoms with Crippen LogP contribution in [0, 0.1) is 22.7 Å². The maximum atomic E-state index is 15.2. The van der Waals surface area contributed by atoms with Gasteiger partial charge in [-0.1, -0.05) is 62.2 Å². The first-order valence-electron chi connectivity index (χ1n) is 33.5. The number of carbonyl (C=O) groups excluding carboxylic acids is 6. The molecule has 1 spiro atoms. The van der Waals surface area contributed by atoms with Crippen LogP contribution in [0.4, 0.5) is 0 Å². The molecule has 37 heteroatoms. The lowest BCUT2D eigenvalue weighted by Crippen LogP contribution is -2.70. The molecule has 2 bridgehead atoms. The number of aliphatic hydroxyl groups excluding tert-OH is 12. The van der Waals surface area contributed by atoms with Crippen LogP contribution in [-0.2, 0) is 63.6 Å². The van der Waals surface area contributed by atoms with Gasteiger partial charge in [0.1, 0.15) is 121 Å². The highest BCUT2D eigenvalue weighted by atomic mass is 16.8. The molecule has 2 aromatic carbocycles.